The second-order valence-electron chi connectivity index (χ2n) is 3.67. The minimum Gasteiger partial charge on any atom is -0.399 e. The van der Waals surface area contributed by atoms with Crippen molar-refractivity contribution in [3.8, 4) is 0 Å². The van der Waals surface area contributed by atoms with Crippen LogP contribution in [-0.4, -0.2) is 4.92 Å². The second-order valence-corrected chi connectivity index (χ2v) is 4.11. The highest BCUT2D eigenvalue weighted by Gasteiger charge is 2.14. The van der Waals surface area contributed by atoms with E-state index in [1.165, 1.54) is 6.07 Å². The van der Waals surface area contributed by atoms with E-state index in [0.717, 1.165) is 0 Å². The van der Waals surface area contributed by atoms with Gasteiger partial charge in [-0.25, -0.2) is 0 Å². The Balaban J connectivity index is 2.37. The van der Waals surface area contributed by atoms with E-state index in [1.54, 1.807) is 36.4 Å². The maximum absolute atomic E-state index is 10.9. The van der Waals surface area contributed by atoms with E-state index in [9.17, 15) is 10.1 Å². The van der Waals surface area contributed by atoms with Crippen LogP contribution in [-0.2, 0) is 0 Å². The molecular formula is C12H10ClN3O2. The van der Waals surface area contributed by atoms with E-state index in [4.69, 9.17) is 17.3 Å². The van der Waals surface area contributed by atoms with Gasteiger partial charge in [0.25, 0.3) is 5.69 Å². The third kappa shape index (κ3) is 2.70. The molecule has 6 heteroatoms. The number of anilines is 3. The molecule has 0 atom stereocenters. The number of nitrogens with one attached hydrogen (secondary N) is 1. The lowest BCUT2D eigenvalue weighted by Crippen LogP contribution is -1.97. The van der Waals surface area contributed by atoms with Crippen LogP contribution in [0.1, 0.15) is 0 Å². The fourth-order valence-corrected chi connectivity index (χ4v) is 1.70. The van der Waals surface area contributed by atoms with Crippen molar-refractivity contribution >= 4 is 34.4 Å². The number of hydrogen-bond acceptors (Lipinski definition) is 4. The summed E-state index contributed by atoms with van der Waals surface area (Å²) in [5.41, 5.74) is 7.19. The Bertz CT molecular complexity index is 602. The summed E-state index contributed by atoms with van der Waals surface area (Å²) < 4.78 is 0. The lowest BCUT2D eigenvalue weighted by Gasteiger charge is -2.07. The SMILES string of the molecule is Nc1cccc(Nc2ccc(Cl)cc2[N+](=O)[O-])c1. The van der Waals surface area contributed by atoms with Gasteiger partial charge in [0.1, 0.15) is 5.69 Å². The van der Waals surface area contributed by atoms with Gasteiger partial charge in [-0.1, -0.05) is 17.7 Å². The van der Waals surface area contributed by atoms with Gasteiger partial charge in [0, 0.05) is 22.5 Å². The summed E-state index contributed by atoms with van der Waals surface area (Å²) >= 11 is 5.74. The van der Waals surface area contributed by atoms with Gasteiger partial charge >= 0.3 is 0 Å². The maximum atomic E-state index is 10.9. The van der Waals surface area contributed by atoms with Crippen LogP contribution in [0.2, 0.25) is 5.02 Å². The smallest absolute Gasteiger partial charge is 0.294 e. The number of benzene rings is 2. The Hall–Kier alpha value is -2.27. The van der Waals surface area contributed by atoms with Gasteiger partial charge < -0.3 is 11.1 Å². The molecule has 0 saturated carbocycles. The van der Waals surface area contributed by atoms with Gasteiger partial charge in [0.2, 0.25) is 0 Å². The first-order valence-corrected chi connectivity index (χ1v) is 5.50. The zero-order valence-electron chi connectivity index (χ0n) is 9.26. The molecule has 0 fully saturated rings. The van der Waals surface area contributed by atoms with Gasteiger partial charge in [-0.15, -0.1) is 0 Å². The number of halogens is 1. The molecule has 2 rings (SSSR count). The predicted molar refractivity (Wildman–Crippen MR) is 72.2 cm³/mol. The Labute approximate surface area is 108 Å². The average molecular weight is 264 g/mol. The van der Waals surface area contributed by atoms with E-state index < -0.39 is 4.92 Å². The highest BCUT2D eigenvalue weighted by Crippen LogP contribution is 2.30. The van der Waals surface area contributed by atoms with Gasteiger partial charge in [0.05, 0.1) is 4.92 Å². The molecule has 92 valence electrons. The third-order valence-corrected chi connectivity index (χ3v) is 2.56. The molecule has 0 aliphatic carbocycles. The zero-order chi connectivity index (χ0) is 13.1. The van der Waals surface area contributed by atoms with Gasteiger partial charge in [0.15, 0.2) is 0 Å². The van der Waals surface area contributed by atoms with E-state index in [2.05, 4.69) is 5.32 Å². The Morgan fingerprint density at radius 1 is 1.22 bits per heavy atom. The Morgan fingerprint density at radius 3 is 2.67 bits per heavy atom. The zero-order valence-corrected chi connectivity index (χ0v) is 10.0. The summed E-state index contributed by atoms with van der Waals surface area (Å²) in [7, 11) is 0. The predicted octanol–water partition coefficient (Wildman–Crippen LogP) is 3.57. The normalized spacial score (nSPS) is 10.1. The first kappa shape index (κ1) is 12.2. The van der Waals surface area contributed by atoms with E-state index in [-0.39, 0.29) is 5.69 Å². The second kappa shape index (κ2) is 4.93. The average Bonchev–Trinajstić information content (AvgIpc) is 2.31. The summed E-state index contributed by atoms with van der Waals surface area (Å²) in [4.78, 5) is 10.4. The highest BCUT2D eigenvalue weighted by molar-refractivity contribution is 6.30. The molecule has 0 aliphatic rings. The highest BCUT2D eigenvalue weighted by atomic mass is 35.5. The number of rotatable bonds is 3. The van der Waals surface area contributed by atoms with Crippen LogP contribution in [0.25, 0.3) is 0 Å². The molecule has 0 saturated heterocycles. The third-order valence-electron chi connectivity index (χ3n) is 2.32. The van der Waals surface area contributed by atoms with Crippen molar-refractivity contribution in [2.75, 3.05) is 11.1 Å². The molecule has 3 N–H and O–H groups in total. The summed E-state index contributed by atoms with van der Waals surface area (Å²) in [6.07, 6.45) is 0. The summed E-state index contributed by atoms with van der Waals surface area (Å²) in [5, 5.41) is 14.2. The minimum atomic E-state index is -0.486. The monoisotopic (exact) mass is 263 g/mol. The first-order valence-electron chi connectivity index (χ1n) is 5.13. The van der Waals surface area contributed by atoms with Gasteiger partial charge in [-0.05, 0) is 30.3 Å². The molecule has 2 aromatic rings. The van der Waals surface area contributed by atoms with Crippen molar-refractivity contribution < 1.29 is 4.92 Å². The lowest BCUT2D eigenvalue weighted by molar-refractivity contribution is -0.383. The Morgan fingerprint density at radius 2 is 2.00 bits per heavy atom. The number of hydrogen-bond donors (Lipinski definition) is 2. The molecule has 0 unspecified atom stereocenters. The van der Waals surface area contributed by atoms with Crippen LogP contribution >= 0.6 is 11.6 Å². The van der Waals surface area contributed by atoms with Crippen molar-refractivity contribution in [3.63, 3.8) is 0 Å². The number of nitro groups is 1. The molecule has 0 radical (unpaired) electrons. The largest absolute Gasteiger partial charge is 0.399 e. The fourth-order valence-electron chi connectivity index (χ4n) is 1.53. The summed E-state index contributed by atoms with van der Waals surface area (Å²) in [5.74, 6) is 0. The van der Waals surface area contributed by atoms with Crippen molar-refractivity contribution in [2.24, 2.45) is 0 Å². The van der Waals surface area contributed by atoms with Gasteiger partial charge in [-0.2, -0.15) is 0 Å². The van der Waals surface area contributed by atoms with Crippen molar-refractivity contribution in [1.29, 1.82) is 0 Å². The topological polar surface area (TPSA) is 81.2 Å². The lowest BCUT2D eigenvalue weighted by atomic mass is 10.2. The quantitative estimate of drug-likeness (QED) is 0.504. The molecule has 0 aliphatic heterocycles. The van der Waals surface area contributed by atoms with Crippen LogP contribution in [0.15, 0.2) is 42.5 Å². The molecule has 0 amide bonds. The minimum absolute atomic E-state index is 0.0788. The van der Waals surface area contributed by atoms with Crippen molar-refractivity contribution in [3.05, 3.63) is 57.6 Å². The van der Waals surface area contributed by atoms with Gasteiger partial charge in [-0.3, -0.25) is 10.1 Å². The molecule has 18 heavy (non-hydrogen) atoms. The molecule has 2 aromatic carbocycles. The fraction of sp³-hybridized carbons (Fsp3) is 0. The number of nitrogen functional groups attached to an aromatic ring is 1. The van der Waals surface area contributed by atoms with Crippen LogP contribution in [0.5, 0.6) is 0 Å². The number of nitrogens with two attached hydrogens (primary N) is 1. The standard InChI is InChI=1S/C12H10ClN3O2/c13-8-4-5-11(12(6-8)16(17)18)15-10-3-1-2-9(14)7-10/h1-7,15H,14H2. The van der Waals surface area contributed by atoms with Crippen LogP contribution in [0.4, 0.5) is 22.7 Å². The number of nitro benzene ring substituents is 1. The van der Waals surface area contributed by atoms with Crippen molar-refractivity contribution in [2.45, 2.75) is 0 Å². The molecule has 0 bridgehead atoms. The van der Waals surface area contributed by atoms with Crippen LogP contribution < -0.4 is 11.1 Å². The summed E-state index contributed by atoms with van der Waals surface area (Å²) in [6.45, 7) is 0. The molecular weight excluding hydrogens is 254 g/mol. The molecule has 0 aromatic heterocycles. The van der Waals surface area contributed by atoms with Crippen molar-refractivity contribution in [1.82, 2.24) is 0 Å². The molecule has 0 spiro atoms. The van der Waals surface area contributed by atoms with Crippen LogP contribution in [0.3, 0.4) is 0 Å². The maximum Gasteiger partial charge on any atom is 0.294 e. The van der Waals surface area contributed by atoms with E-state index in [1.807, 2.05) is 0 Å². The molecule has 0 heterocycles. The number of nitrogens with zero attached hydrogens (tertiary/aromatic N) is 1. The first-order chi connectivity index (χ1) is 8.56. The Kier molecular flexibility index (Phi) is 3.34. The van der Waals surface area contributed by atoms with E-state index >= 15 is 0 Å². The summed E-state index contributed by atoms with van der Waals surface area (Å²) in [6, 6.07) is 11.4. The van der Waals surface area contributed by atoms with E-state index in [0.29, 0.717) is 22.1 Å². The van der Waals surface area contributed by atoms with Crippen LogP contribution in [0, 0.1) is 10.1 Å². The molecule has 5 nitrogen and oxygen atoms in total.